The zero-order chi connectivity index (χ0) is 18.7. The van der Waals surface area contributed by atoms with Crippen molar-refractivity contribution in [2.24, 2.45) is 0 Å². The van der Waals surface area contributed by atoms with Crippen LogP contribution < -0.4 is 0 Å². The Hall–Kier alpha value is -0.390. The van der Waals surface area contributed by atoms with Crippen LogP contribution in [0, 0.1) is 13.8 Å². The van der Waals surface area contributed by atoms with Gasteiger partial charge in [0, 0.05) is 6.54 Å². The molecular formula is C22H40NP. The van der Waals surface area contributed by atoms with E-state index in [2.05, 4.69) is 86.3 Å². The van der Waals surface area contributed by atoms with Crippen LogP contribution in [-0.4, -0.2) is 28.3 Å². The molecule has 138 valence electrons. The highest BCUT2D eigenvalue weighted by molar-refractivity contribution is 7.60. The maximum absolute atomic E-state index is 2.51. The van der Waals surface area contributed by atoms with Gasteiger partial charge in [-0.2, -0.15) is 0 Å². The van der Waals surface area contributed by atoms with E-state index >= 15 is 0 Å². The fourth-order valence-corrected chi connectivity index (χ4v) is 7.27. The molecule has 0 amide bonds. The van der Waals surface area contributed by atoms with Crippen molar-refractivity contribution in [3.63, 3.8) is 0 Å². The standard InChI is InChI=1S/C22H40NP/c1-11-23(12-2)15-19-14-20(18(4)13-17(19)3)16-24(21(5,6)7)22(8,9)10/h13-14H,11-12,15-16H2,1-10H3. The Kier molecular flexibility index (Phi) is 7.51. The molecular weight excluding hydrogens is 309 g/mol. The third-order valence-electron chi connectivity index (χ3n) is 5.03. The van der Waals surface area contributed by atoms with Crippen molar-refractivity contribution in [1.82, 2.24) is 4.90 Å². The van der Waals surface area contributed by atoms with Crippen molar-refractivity contribution in [2.45, 2.75) is 92.3 Å². The van der Waals surface area contributed by atoms with Crippen LogP contribution in [0.15, 0.2) is 12.1 Å². The highest BCUT2D eigenvalue weighted by atomic mass is 31.1. The Labute approximate surface area is 153 Å². The first kappa shape index (κ1) is 21.7. The minimum Gasteiger partial charge on any atom is -0.300 e. The number of rotatable bonds is 6. The lowest BCUT2D eigenvalue weighted by atomic mass is 10.0. The van der Waals surface area contributed by atoms with Gasteiger partial charge in [-0.15, -0.1) is 0 Å². The van der Waals surface area contributed by atoms with E-state index in [-0.39, 0.29) is 7.92 Å². The maximum Gasteiger partial charge on any atom is 0.0236 e. The molecule has 0 N–H and O–H groups in total. The number of hydrogen-bond acceptors (Lipinski definition) is 1. The number of aryl methyl sites for hydroxylation is 2. The summed E-state index contributed by atoms with van der Waals surface area (Å²) in [7, 11) is -0.0984. The lowest BCUT2D eigenvalue weighted by molar-refractivity contribution is 0.295. The first-order valence-corrected chi connectivity index (χ1v) is 11.0. The highest BCUT2D eigenvalue weighted by Crippen LogP contribution is 2.61. The van der Waals surface area contributed by atoms with Gasteiger partial charge in [-0.05, 0) is 65.7 Å². The van der Waals surface area contributed by atoms with Gasteiger partial charge in [0.15, 0.2) is 0 Å². The van der Waals surface area contributed by atoms with Crippen molar-refractivity contribution in [3.8, 4) is 0 Å². The Morgan fingerprint density at radius 2 is 1.25 bits per heavy atom. The SMILES string of the molecule is CCN(CC)Cc1cc(CP(C(C)(C)C)C(C)(C)C)c(C)cc1C. The van der Waals surface area contributed by atoms with E-state index in [0.29, 0.717) is 10.3 Å². The molecule has 0 aliphatic rings. The predicted octanol–water partition coefficient (Wildman–Crippen LogP) is 6.72. The lowest BCUT2D eigenvalue weighted by Gasteiger charge is -2.42. The summed E-state index contributed by atoms with van der Waals surface area (Å²) in [5.74, 6) is 0. The molecule has 1 aromatic rings. The summed E-state index contributed by atoms with van der Waals surface area (Å²) in [6, 6.07) is 4.92. The molecule has 24 heavy (non-hydrogen) atoms. The second kappa shape index (κ2) is 8.33. The predicted molar refractivity (Wildman–Crippen MR) is 113 cm³/mol. The first-order chi connectivity index (χ1) is 10.9. The number of nitrogens with zero attached hydrogens (tertiary/aromatic N) is 1. The van der Waals surface area contributed by atoms with Gasteiger partial charge in [-0.1, -0.05) is 75.4 Å². The molecule has 2 heteroatoms. The average molecular weight is 350 g/mol. The number of hydrogen-bond donors (Lipinski definition) is 0. The molecule has 1 nitrogen and oxygen atoms in total. The van der Waals surface area contributed by atoms with Crippen molar-refractivity contribution >= 4 is 7.92 Å². The van der Waals surface area contributed by atoms with E-state index in [0.717, 1.165) is 19.6 Å². The summed E-state index contributed by atoms with van der Waals surface area (Å²) in [6.45, 7) is 26.9. The van der Waals surface area contributed by atoms with Crippen molar-refractivity contribution in [2.75, 3.05) is 13.1 Å². The van der Waals surface area contributed by atoms with Crippen LogP contribution in [0.1, 0.15) is 77.6 Å². The van der Waals surface area contributed by atoms with Crippen molar-refractivity contribution in [1.29, 1.82) is 0 Å². The quantitative estimate of drug-likeness (QED) is 0.515. The second-order valence-corrected chi connectivity index (χ2v) is 12.9. The first-order valence-electron chi connectivity index (χ1n) is 9.49. The van der Waals surface area contributed by atoms with E-state index in [9.17, 15) is 0 Å². The van der Waals surface area contributed by atoms with Gasteiger partial charge in [0.2, 0.25) is 0 Å². The molecule has 0 spiro atoms. The Balaban J connectivity index is 3.19. The Bertz CT molecular complexity index is 516. The van der Waals surface area contributed by atoms with Gasteiger partial charge in [0.1, 0.15) is 0 Å². The zero-order valence-electron chi connectivity index (χ0n) is 17.9. The van der Waals surface area contributed by atoms with E-state index in [1.807, 2.05) is 0 Å². The summed E-state index contributed by atoms with van der Waals surface area (Å²) in [6.07, 6.45) is 1.24. The zero-order valence-corrected chi connectivity index (χ0v) is 18.8. The van der Waals surface area contributed by atoms with E-state index in [4.69, 9.17) is 0 Å². The van der Waals surface area contributed by atoms with Gasteiger partial charge >= 0.3 is 0 Å². The van der Waals surface area contributed by atoms with Crippen LogP contribution in [0.25, 0.3) is 0 Å². The topological polar surface area (TPSA) is 3.24 Å². The molecule has 0 fully saturated rings. The van der Waals surface area contributed by atoms with E-state index in [1.54, 1.807) is 5.56 Å². The fourth-order valence-electron chi connectivity index (χ4n) is 3.63. The molecule has 0 atom stereocenters. The normalized spacial score (nSPS) is 13.2. The maximum atomic E-state index is 2.51. The van der Waals surface area contributed by atoms with E-state index < -0.39 is 0 Å². The molecule has 0 aliphatic heterocycles. The van der Waals surface area contributed by atoms with Crippen LogP contribution in [0.5, 0.6) is 0 Å². The van der Waals surface area contributed by atoms with Crippen molar-refractivity contribution in [3.05, 3.63) is 34.4 Å². The van der Waals surface area contributed by atoms with Crippen LogP contribution in [-0.2, 0) is 12.7 Å². The molecule has 0 aromatic heterocycles. The molecule has 1 rings (SSSR count). The third kappa shape index (κ3) is 5.85. The minimum atomic E-state index is -0.0984. The summed E-state index contributed by atoms with van der Waals surface area (Å²) >= 11 is 0. The summed E-state index contributed by atoms with van der Waals surface area (Å²) in [5.41, 5.74) is 5.99. The molecule has 1 aromatic carbocycles. The molecule has 0 bridgehead atoms. The molecule has 0 saturated heterocycles. The van der Waals surface area contributed by atoms with Crippen LogP contribution in [0.4, 0.5) is 0 Å². The van der Waals surface area contributed by atoms with Crippen LogP contribution in [0.2, 0.25) is 0 Å². The highest BCUT2D eigenvalue weighted by Gasteiger charge is 2.34. The molecule has 0 saturated carbocycles. The summed E-state index contributed by atoms with van der Waals surface area (Å²) < 4.78 is 0. The smallest absolute Gasteiger partial charge is 0.0236 e. The van der Waals surface area contributed by atoms with Gasteiger partial charge in [-0.25, -0.2) is 0 Å². The van der Waals surface area contributed by atoms with Crippen LogP contribution in [0.3, 0.4) is 0 Å². The lowest BCUT2D eigenvalue weighted by Crippen LogP contribution is -2.26. The minimum absolute atomic E-state index is 0.0984. The van der Waals surface area contributed by atoms with Gasteiger partial charge in [0.05, 0.1) is 0 Å². The Morgan fingerprint density at radius 3 is 1.67 bits per heavy atom. The third-order valence-corrected chi connectivity index (χ3v) is 8.93. The second-order valence-electron chi connectivity index (χ2n) is 9.09. The monoisotopic (exact) mass is 349 g/mol. The van der Waals surface area contributed by atoms with Gasteiger partial charge < -0.3 is 0 Å². The fraction of sp³-hybridized carbons (Fsp3) is 0.727. The summed E-state index contributed by atoms with van der Waals surface area (Å²) in [5, 5.41) is 0.758. The largest absolute Gasteiger partial charge is 0.300 e. The molecule has 0 unspecified atom stereocenters. The van der Waals surface area contributed by atoms with Gasteiger partial charge in [-0.3, -0.25) is 4.90 Å². The molecule has 0 radical (unpaired) electrons. The Morgan fingerprint density at radius 1 is 0.792 bits per heavy atom. The van der Waals surface area contributed by atoms with Crippen LogP contribution >= 0.6 is 7.92 Å². The molecule has 0 heterocycles. The summed E-state index contributed by atoms with van der Waals surface area (Å²) in [4.78, 5) is 2.51. The van der Waals surface area contributed by atoms with E-state index in [1.165, 1.54) is 22.9 Å². The van der Waals surface area contributed by atoms with Gasteiger partial charge in [0.25, 0.3) is 0 Å². The average Bonchev–Trinajstić information content (AvgIpc) is 2.42. The number of benzene rings is 1. The van der Waals surface area contributed by atoms with Crippen molar-refractivity contribution < 1.29 is 0 Å². The molecule has 0 aliphatic carbocycles.